The molecule has 0 aliphatic heterocycles. The number of aromatic nitrogens is 1. The lowest BCUT2D eigenvalue weighted by Gasteiger charge is -2.09. The van der Waals surface area contributed by atoms with Gasteiger partial charge in [-0.3, -0.25) is 4.79 Å². The van der Waals surface area contributed by atoms with Gasteiger partial charge in [0.05, 0.1) is 14.2 Å². The van der Waals surface area contributed by atoms with Gasteiger partial charge in [-0.25, -0.2) is 4.98 Å². The second-order valence-electron chi connectivity index (χ2n) is 4.53. The molecule has 0 unspecified atom stereocenters. The van der Waals surface area contributed by atoms with Crippen molar-refractivity contribution >= 4 is 17.2 Å². The van der Waals surface area contributed by atoms with Crippen molar-refractivity contribution < 1.29 is 14.3 Å². The average Bonchev–Trinajstić information content (AvgIpc) is 3.03. The van der Waals surface area contributed by atoms with Crippen molar-refractivity contribution in [1.29, 1.82) is 0 Å². The molecule has 1 heterocycles. The molecule has 22 heavy (non-hydrogen) atoms. The van der Waals surface area contributed by atoms with E-state index in [0.29, 0.717) is 36.7 Å². The molecular weight excluding hydrogens is 302 g/mol. The molecule has 2 rings (SSSR count). The van der Waals surface area contributed by atoms with E-state index in [0.717, 1.165) is 10.6 Å². The molecule has 1 amide bonds. The quantitative estimate of drug-likeness (QED) is 0.809. The van der Waals surface area contributed by atoms with Crippen LogP contribution >= 0.6 is 11.3 Å². The Morgan fingerprint density at radius 3 is 2.73 bits per heavy atom. The summed E-state index contributed by atoms with van der Waals surface area (Å²) in [6, 6.07) is 5.70. The van der Waals surface area contributed by atoms with E-state index in [9.17, 15) is 4.79 Å². The molecular formula is C15H19N3O3S. The lowest BCUT2D eigenvalue weighted by molar-refractivity contribution is 0.0949. The van der Waals surface area contributed by atoms with Crippen molar-refractivity contribution in [3.05, 3.63) is 39.8 Å². The highest BCUT2D eigenvalue weighted by molar-refractivity contribution is 7.09. The van der Waals surface area contributed by atoms with Crippen LogP contribution in [-0.4, -0.2) is 31.7 Å². The van der Waals surface area contributed by atoms with Crippen LogP contribution < -0.4 is 20.5 Å². The first-order valence-electron chi connectivity index (χ1n) is 6.81. The van der Waals surface area contributed by atoms with Crippen LogP contribution in [0.3, 0.4) is 0 Å². The summed E-state index contributed by atoms with van der Waals surface area (Å²) in [7, 11) is 3.20. The number of nitrogens with one attached hydrogen (secondary N) is 1. The predicted octanol–water partition coefficient (Wildman–Crippen LogP) is 1.59. The van der Waals surface area contributed by atoms with Crippen molar-refractivity contribution in [1.82, 2.24) is 10.3 Å². The number of methoxy groups -OCH3 is 2. The summed E-state index contributed by atoms with van der Waals surface area (Å²) in [5.41, 5.74) is 6.95. The summed E-state index contributed by atoms with van der Waals surface area (Å²) in [6.07, 6.45) is 0.694. The minimum absolute atomic E-state index is 0.184. The molecule has 0 aliphatic carbocycles. The largest absolute Gasteiger partial charge is 0.493 e. The number of nitrogens with zero attached hydrogens (tertiary/aromatic N) is 1. The Morgan fingerprint density at radius 1 is 1.32 bits per heavy atom. The zero-order chi connectivity index (χ0) is 15.9. The first-order chi connectivity index (χ1) is 10.7. The number of carbonyl (C=O) groups excluding carboxylic acids is 1. The highest BCUT2D eigenvalue weighted by atomic mass is 32.1. The molecule has 6 nitrogen and oxygen atoms in total. The van der Waals surface area contributed by atoms with Crippen LogP contribution in [0.5, 0.6) is 11.5 Å². The van der Waals surface area contributed by atoms with Gasteiger partial charge in [-0.2, -0.15) is 0 Å². The first kappa shape index (κ1) is 16.3. The summed E-state index contributed by atoms with van der Waals surface area (Å²) < 4.78 is 10.4. The number of ether oxygens (including phenoxy) is 2. The Morgan fingerprint density at radius 2 is 2.09 bits per heavy atom. The normalized spacial score (nSPS) is 10.3. The molecule has 0 saturated carbocycles. The Labute approximate surface area is 133 Å². The van der Waals surface area contributed by atoms with Gasteiger partial charge in [0.1, 0.15) is 10.7 Å². The lowest BCUT2D eigenvalue weighted by atomic mass is 10.1. The molecule has 2 aromatic rings. The summed E-state index contributed by atoms with van der Waals surface area (Å²) >= 11 is 1.39. The third-order valence-corrected chi connectivity index (χ3v) is 3.98. The minimum Gasteiger partial charge on any atom is -0.493 e. The lowest BCUT2D eigenvalue weighted by Crippen LogP contribution is -2.26. The summed E-state index contributed by atoms with van der Waals surface area (Å²) in [6.45, 7) is 0.868. The van der Waals surface area contributed by atoms with Crippen LogP contribution in [0.4, 0.5) is 0 Å². The zero-order valence-corrected chi connectivity index (χ0v) is 13.4. The molecule has 0 spiro atoms. The Bertz CT molecular complexity index is 643. The van der Waals surface area contributed by atoms with Gasteiger partial charge < -0.3 is 20.5 Å². The highest BCUT2D eigenvalue weighted by Gasteiger charge is 2.10. The highest BCUT2D eigenvalue weighted by Crippen LogP contribution is 2.27. The number of rotatable bonds is 7. The number of thiazole rings is 1. The number of nitrogens with two attached hydrogens (primary N) is 1. The summed E-state index contributed by atoms with van der Waals surface area (Å²) in [5, 5.41) is 5.31. The van der Waals surface area contributed by atoms with Crippen LogP contribution in [0.2, 0.25) is 0 Å². The van der Waals surface area contributed by atoms with E-state index in [2.05, 4.69) is 10.3 Å². The van der Waals surface area contributed by atoms with E-state index < -0.39 is 0 Å². The smallest absolute Gasteiger partial charge is 0.270 e. The van der Waals surface area contributed by atoms with E-state index in [1.807, 2.05) is 18.2 Å². The maximum atomic E-state index is 11.9. The number of benzene rings is 1. The van der Waals surface area contributed by atoms with Crippen molar-refractivity contribution in [3.8, 4) is 11.5 Å². The van der Waals surface area contributed by atoms with Crippen LogP contribution in [0.1, 0.15) is 21.1 Å². The maximum Gasteiger partial charge on any atom is 0.270 e. The Hall–Kier alpha value is -2.12. The molecule has 0 bridgehead atoms. The molecule has 0 aliphatic rings. The van der Waals surface area contributed by atoms with Gasteiger partial charge >= 0.3 is 0 Å². The average molecular weight is 321 g/mol. The summed E-state index contributed by atoms with van der Waals surface area (Å²) in [4.78, 5) is 16.1. The fraction of sp³-hybridized carbons (Fsp3) is 0.333. The number of amides is 1. The number of carbonyl (C=O) groups is 1. The van der Waals surface area contributed by atoms with Crippen molar-refractivity contribution in [2.75, 3.05) is 20.8 Å². The zero-order valence-electron chi connectivity index (χ0n) is 12.6. The van der Waals surface area contributed by atoms with Crippen LogP contribution in [0, 0.1) is 0 Å². The molecule has 0 atom stereocenters. The monoisotopic (exact) mass is 321 g/mol. The molecule has 0 fully saturated rings. The topological polar surface area (TPSA) is 86.5 Å². The van der Waals surface area contributed by atoms with Crippen molar-refractivity contribution in [2.45, 2.75) is 13.0 Å². The molecule has 3 N–H and O–H groups in total. The van der Waals surface area contributed by atoms with Gasteiger partial charge in [-0.05, 0) is 24.1 Å². The molecule has 0 saturated heterocycles. The van der Waals surface area contributed by atoms with E-state index in [-0.39, 0.29) is 5.91 Å². The van der Waals surface area contributed by atoms with Gasteiger partial charge in [0.15, 0.2) is 11.5 Å². The fourth-order valence-corrected chi connectivity index (χ4v) is 2.61. The Balaban J connectivity index is 1.89. The van der Waals surface area contributed by atoms with Gasteiger partial charge in [0.25, 0.3) is 5.91 Å². The van der Waals surface area contributed by atoms with E-state index >= 15 is 0 Å². The van der Waals surface area contributed by atoms with E-state index in [4.69, 9.17) is 15.2 Å². The SMILES string of the molecule is COc1ccc(CCNC(=O)c2csc(CN)n2)cc1OC. The maximum absolute atomic E-state index is 11.9. The third-order valence-electron chi connectivity index (χ3n) is 3.11. The van der Waals surface area contributed by atoms with Crippen LogP contribution in [0.15, 0.2) is 23.6 Å². The van der Waals surface area contributed by atoms with Gasteiger partial charge in [0.2, 0.25) is 0 Å². The van der Waals surface area contributed by atoms with Crippen LogP contribution in [-0.2, 0) is 13.0 Å². The number of hydrogen-bond acceptors (Lipinski definition) is 6. The van der Waals surface area contributed by atoms with Crippen LogP contribution in [0.25, 0.3) is 0 Å². The standard InChI is InChI=1S/C15H19N3O3S/c1-20-12-4-3-10(7-13(12)21-2)5-6-17-15(19)11-9-22-14(8-16)18-11/h3-4,7,9H,5-6,8,16H2,1-2H3,(H,17,19). The van der Waals surface area contributed by atoms with Gasteiger partial charge in [-0.15, -0.1) is 11.3 Å². The molecule has 7 heteroatoms. The Kier molecular flexibility index (Phi) is 5.74. The number of hydrogen-bond donors (Lipinski definition) is 2. The molecule has 1 aromatic heterocycles. The molecule has 1 aromatic carbocycles. The van der Waals surface area contributed by atoms with Gasteiger partial charge in [-0.1, -0.05) is 6.07 Å². The van der Waals surface area contributed by atoms with E-state index in [1.165, 1.54) is 11.3 Å². The fourth-order valence-electron chi connectivity index (χ4n) is 1.96. The molecule has 0 radical (unpaired) electrons. The van der Waals surface area contributed by atoms with Crippen molar-refractivity contribution in [3.63, 3.8) is 0 Å². The second kappa shape index (κ2) is 7.77. The third kappa shape index (κ3) is 3.96. The second-order valence-corrected chi connectivity index (χ2v) is 5.47. The summed E-state index contributed by atoms with van der Waals surface area (Å²) in [5.74, 6) is 1.18. The molecule has 118 valence electrons. The van der Waals surface area contributed by atoms with E-state index in [1.54, 1.807) is 19.6 Å². The minimum atomic E-state index is -0.184. The first-order valence-corrected chi connectivity index (χ1v) is 7.69. The predicted molar refractivity (Wildman–Crippen MR) is 85.6 cm³/mol. The van der Waals surface area contributed by atoms with Crippen molar-refractivity contribution in [2.24, 2.45) is 5.73 Å². The van der Waals surface area contributed by atoms with Gasteiger partial charge in [0, 0.05) is 18.5 Å².